The SMILES string of the molecule is C=N/C(=C\C=C(/C)NC(=O)C1=CC=C(C)CC1)N1CCC(COC2=CC(C(=O)O)=CCC2)CC1. The molecule has 0 bridgehead atoms. The van der Waals surface area contributed by atoms with Crippen molar-refractivity contribution in [3.8, 4) is 0 Å². The predicted molar refractivity (Wildman–Crippen MR) is 134 cm³/mol. The monoisotopic (exact) mass is 465 g/mol. The van der Waals surface area contributed by atoms with Gasteiger partial charge in [-0.1, -0.05) is 23.8 Å². The first-order valence-electron chi connectivity index (χ1n) is 11.9. The molecule has 0 saturated carbocycles. The van der Waals surface area contributed by atoms with Gasteiger partial charge >= 0.3 is 5.97 Å². The van der Waals surface area contributed by atoms with Crippen molar-refractivity contribution in [3.05, 3.63) is 70.5 Å². The fourth-order valence-corrected chi connectivity index (χ4v) is 4.18. The van der Waals surface area contributed by atoms with Gasteiger partial charge in [0.1, 0.15) is 5.82 Å². The van der Waals surface area contributed by atoms with Gasteiger partial charge in [0.2, 0.25) is 0 Å². The molecule has 2 N–H and O–H groups in total. The number of likely N-dealkylation sites (tertiary alicyclic amines) is 1. The summed E-state index contributed by atoms with van der Waals surface area (Å²) in [4.78, 5) is 30.0. The molecule has 1 amide bonds. The molecule has 1 saturated heterocycles. The van der Waals surface area contributed by atoms with Crippen LogP contribution >= 0.6 is 0 Å². The third-order valence-electron chi connectivity index (χ3n) is 6.37. The zero-order valence-electron chi connectivity index (χ0n) is 20.2. The molecule has 7 heteroatoms. The quantitative estimate of drug-likeness (QED) is 0.383. The van der Waals surface area contributed by atoms with Crippen LogP contribution in [0.5, 0.6) is 0 Å². The maximum atomic E-state index is 12.4. The molecule has 1 aliphatic heterocycles. The summed E-state index contributed by atoms with van der Waals surface area (Å²) in [6.07, 6.45) is 16.1. The van der Waals surface area contributed by atoms with Crippen LogP contribution in [0.2, 0.25) is 0 Å². The maximum Gasteiger partial charge on any atom is 0.335 e. The van der Waals surface area contributed by atoms with Crippen LogP contribution in [0.4, 0.5) is 0 Å². The molecule has 2 aliphatic carbocycles. The van der Waals surface area contributed by atoms with E-state index in [1.807, 2.05) is 31.2 Å². The Bertz CT molecular complexity index is 989. The summed E-state index contributed by atoms with van der Waals surface area (Å²) < 4.78 is 5.93. The highest BCUT2D eigenvalue weighted by molar-refractivity contribution is 5.95. The fourth-order valence-electron chi connectivity index (χ4n) is 4.18. The number of carbonyl (C=O) groups excluding carboxylic acids is 1. The molecular weight excluding hydrogens is 430 g/mol. The number of aliphatic imine (C=N–C) groups is 1. The van der Waals surface area contributed by atoms with Gasteiger partial charge in [-0.05, 0) is 76.8 Å². The van der Waals surface area contributed by atoms with Gasteiger partial charge in [-0.2, -0.15) is 0 Å². The summed E-state index contributed by atoms with van der Waals surface area (Å²) in [6.45, 7) is 9.94. The van der Waals surface area contributed by atoms with Crippen LogP contribution in [0.25, 0.3) is 0 Å². The maximum absolute atomic E-state index is 12.4. The lowest BCUT2D eigenvalue weighted by Crippen LogP contribution is -2.34. The number of nitrogens with zero attached hydrogens (tertiary/aromatic N) is 2. The summed E-state index contributed by atoms with van der Waals surface area (Å²) in [7, 11) is 0. The molecule has 0 atom stereocenters. The van der Waals surface area contributed by atoms with Crippen LogP contribution in [-0.4, -0.2) is 48.3 Å². The van der Waals surface area contributed by atoms with Crippen molar-refractivity contribution >= 4 is 18.6 Å². The number of rotatable bonds is 9. The van der Waals surface area contributed by atoms with Crippen molar-refractivity contribution in [1.29, 1.82) is 0 Å². The second kappa shape index (κ2) is 12.2. The van der Waals surface area contributed by atoms with Crippen molar-refractivity contribution in [2.45, 2.75) is 52.4 Å². The third kappa shape index (κ3) is 7.33. The molecule has 3 rings (SSSR count). The largest absolute Gasteiger partial charge is 0.498 e. The summed E-state index contributed by atoms with van der Waals surface area (Å²) in [5.74, 6) is 0.995. The topological polar surface area (TPSA) is 91.2 Å². The first-order chi connectivity index (χ1) is 16.4. The molecule has 182 valence electrons. The summed E-state index contributed by atoms with van der Waals surface area (Å²) in [5, 5.41) is 12.1. The second-order valence-electron chi connectivity index (χ2n) is 9.05. The number of piperidine rings is 1. The highest BCUT2D eigenvalue weighted by Gasteiger charge is 2.22. The van der Waals surface area contributed by atoms with Crippen molar-refractivity contribution in [2.75, 3.05) is 19.7 Å². The zero-order chi connectivity index (χ0) is 24.5. The number of allylic oxidation sites excluding steroid dienone is 8. The van der Waals surface area contributed by atoms with E-state index in [-0.39, 0.29) is 5.91 Å². The number of ether oxygens (including phenoxy) is 1. The Hall–Kier alpha value is -3.35. The Kier molecular flexibility index (Phi) is 9.08. The highest BCUT2D eigenvalue weighted by atomic mass is 16.5. The molecule has 0 unspecified atom stereocenters. The van der Waals surface area contributed by atoms with E-state index < -0.39 is 5.97 Å². The molecule has 34 heavy (non-hydrogen) atoms. The first-order valence-corrected chi connectivity index (χ1v) is 11.9. The Labute approximate surface area is 202 Å². The van der Waals surface area contributed by atoms with Crippen LogP contribution in [0.3, 0.4) is 0 Å². The lowest BCUT2D eigenvalue weighted by atomic mass is 9.97. The molecular formula is C27H35N3O4. The molecule has 0 aromatic rings. The van der Waals surface area contributed by atoms with Crippen LogP contribution < -0.4 is 5.32 Å². The van der Waals surface area contributed by atoms with Gasteiger partial charge in [-0.3, -0.25) is 4.79 Å². The van der Waals surface area contributed by atoms with Crippen molar-refractivity contribution in [3.63, 3.8) is 0 Å². The lowest BCUT2D eigenvalue weighted by molar-refractivity contribution is -0.132. The Balaban J connectivity index is 1.47. The summed E-state index contributed by atoms with van der Waals surface area (Å²) in [5.41, 5.74) is 3.16. The zero-order valence-corrected chi connectivity index (χ0v) is 20.2. The fraction of sp³-hybridized carbons (Fsp3) is 0.444. The van der Waals surface area contributed by atoms with Gasteiger partial charge in [-0.25, -0.2) is 9.79 Å². The average Bonchev–Trinajstić information content (AvgIpc) is 2.84. The number of carbonyl (C=O) groups is 2. The van der Waals surface area contributed by atoms with Gasteiger partial charge in [-0.15, -0.1) is 0 Å². The molecule has 1 fully saturated rings. The standard InChI is InChI=1S/C27H35N3O4/c1-19-7-10-22(11-8-19)26(31)29-20(2)9-12-25(28-3)30-15-13-21(14-16-30)18-34-24-6-4-5-23(17-24)27(32)33/h5,7,9-10,12,17,21H,3-4,6,8,11,13-16,18H2,1-2H3,(H,29,31)(H,32,33)/b20-9+,25-12+. The minimum Gasteiger partial charge on any atom is -0.498 e. The van der Waals surface area contributed by atoms with E-state index in [2.05, 4.69) is 28.9 Å². The van der Waals surface area contributed by atoms with E-state index in [9.17, 15) is 9.59 Å². The Morgan fingerprint density at radius 1 is 1.24 bits per heavy atom. The lowest BCUT2D eigenvalue weighted by Gasteiger charge is -2.33. The Morgan fingerprint density at radius 3 is 2.65 bits per heavy atom. The molecule has 0 aromatic heterocycles. The van der Waals surface area contributed by atoms with E-state index >= 15 is 0 Å². The first kappa shape index (κ1) is 25.3. The van der Waals surface area contributed by atoms with Crippen LogP contribution in [0.15, 0.2) is 75.4 Å². The smallest absolute Gasteiger partial charge is 0.335 e. The van der Waals surface area contributed by atoms with Gasteiger partial charge in [0, 0.05) is 30.8 Å². The highest BCUT2D eigenvalue weighted by Crippen LogP contribution is 2.25. The molecule has 0 radical (unpaired) electrons. The van der Waals surface area contributed by atoms with E-state index in [1.54, 1.807) is 12.2 Å². The van der Waals surface area contributed by atoms with Crippen LogP contribution in [0, 0.1) is 5.92 Å². The number of aliphatic carboxylic acids is 1. The normalized spacial score (nSPS) is 20.0. The molecule has 0 aromatic carbocycles. The van der Waals surface area contributed by atoms with Crippen LogP contribution in [-0.2, 0) is 14.3 Å². The van der Waals surface area contributed by atoms with Crippen molar-refractivity contribution < 1.29 is 19.4 Å². The predicted octanol–water partition coefficient (Wildman–Crippen LogP) is 4.63. The van der Waals surface area contributed by atoms with Crippen molar-refractivity contribution in [2.24, 2.45) is 10.9 Å². The minimum absolute atomic E-state index is 0.0566. The summed E-state index contributed by atoms with van der Waals surface area (Å²) >= 11 is 0. The number of hydrogen-bond donors (Lipinski definition) is 2. The third-order valence-corrected chi connectivity index (χ3v) is 6.37. The van der Waals surface area contributed by atoms with E-state index in [0.717, 1.165) is 68.0 Å². The molecule has 0 spiro atoms. The van der Waals surface area contributed by atoms with Gasteiger partial charge in [0.25, 0.3) is 5.91 Å². The Morgan fingerprint density at radius 2 is 2.00 bits per heavy atom. The van der Waals surface area contributed by atoms with Gasteiger partial charge in [0.05, 0.1) is 17.9 Å². The number of carboxylic acid groups (broad SMARTS) is 1. The number of carboxylic acids is 1. The second-order valence-corrected chi connectivity index (χ2v) is 9.05. The number of hydrogen-bond acceptors (Lipinski definition) is 5. The van der Waals surface area contributed by atoms with Gasteiger partial charge in [0.15, 0.2) is 0 Å². The van der Waals surface area contributed by atoms with Crippen LogP contribution in [0.1, 0.15) is 52.4 Å². The average molecular weight is 466 g/mol. The minimum atomic E-state index is -0.910. The molecule has 7 nitrogen and oxygen atoms in total. The van der Waals surface area contributed by atoms with E-state index in [0.29, 0.717) is 24.5 Å². The van der Waals surface area contributed by atoms with Crippen molar-refractivity contribution in [1.82, 2.24) is 10.2 Å². The molecule has 3 aliphatic rings. The summed E-state index contributed by atoms with van der Waals surface area (Å²) in [6, 6.07) is 0. The number of nitrogens with one attached hydrogen (secondary N) is 1. The van der Waals surface area contributed by atoms with E-state index in [4.69, 9.17) is 9.84 Å². The van der Waals surface area contributed by atoms with E-state index in [1.165, 1.54) is 5.57 Å². The molecule has 1 heterocycles. The number of amides is 1. The van der Waals surface area contributed by atoms with Gasteiger partial charge < -0.3 is 20.1 Å².